The summed E-state index contributed by atoms with van der Waals surface area (Å²) in [7, 11) is -4.09. The van der Waals surface area contributed by atoms with Gasteiger partial charge in [-0.25, -0.2) is 9.18 Å². The van der Waals surface area contributed by atoms with Gasteiger partial charge < -0.3 is 14.9 Å². The third kappa shape index (κ3) is 7.31. The second-order valence-corrected chi connectivity index (χ2v) is 19.8. The van der Waals surface area contributed by atoms with Gasteiger partial charge in [-0.05, 0) is 63.2 Å². The highest BCUT2D eigenvalue weighted by Crippen LogP contribution is 2.47. The SMILES string of the molecule is C=C(C)[C@@H]1CC[C@](C)(S)[C@@H](O[P+](=S)O[C@H]2[C@@H](F)[C@H](n3ccc(N)nc3=O)O[C@@H]2CO[Si](C)(C)C(C)(C)C)C1. The van der Waals surface area contributed by atoms with E-state index in [1.165, 1.54) is 12.3 Å². The summed E-state index contributed by atoms with van der Waals surface area (Å²) in [4.78, 5) is 16.2. The van der Waals surface area contributed by atoms with Gasteiger partial charge in [-0.2, -0.15) is 17.6 Å². The lowest BCUT2D eigenvalue weighted by atomic mass is 9.77. The molecule has 1 saturated heterocycles. The second kappa shape index (κ2) is 12.0. The number of nitrogens with two attached hydrogens (primary N) is 1. The van der Waals surface area contributed by atoms with E-state index < -0.39 is 50.5 Å². The van der Waals surface area contributed by atoms with E-state index in [1.54, 1.807) is 0 Å². The summed E-state index contributed by atoms with van der Waals surface area (Å²) in [5.41, 5.74) is 6.00. The van der Waals surface area contributed by atoms with E-state index in [4.69, 9.17) is 48.4 Å². The van der Waals surface area contributed by atoms with E-state index in [2.05, 4.69) is 45.4 Å². The Hall–Kier alpha value is -0.723. The Balaban J connectivity index is 1.81. The maximum Gasteiger partial charge on any atom is 0.522 e. The van der Waals surface area contributed by atoms with Crippen LogP contribution in [0.3, 0.4) is 0 Å². The lowest BCUT2D eigenvalue weighted by Gasteiger charge is -2.38. The first-order valence-electron chi connectivity index (χ1n) is 12.9. The molecule has 0 spiro atoms. The van der Waals surface area contributed by atoms with Crippen molar-refractivity contribution in [2.24, 2.45) is 5.92 Å². The fourth-order valence-corrected chi connectivity index (χ4v) is 7.42. The Morgan fingerprint density at radius 2 is 2.11 bits per heavy atom. The molecule has 1 saturated carbocycles. The molecule has 2 N–H and O–H groups in total. The number of alkyl halides is 1. The molecule has 13 heteroatoms. The van der Waals surface area contributed by atoms with Gasteiger partial charge in [-0.1, -0.05) is 32.9 Å². The van der Waals surface area contributed by atoms with Crippen molar-refractivity contribution < 1.29 is 22.6 Å². The normalized spacial score (nSPS) is 32.8. The van der Waals surface area contributed by atoms with Crippen molar-refractivity contribution in [3.05, 3.63) is 34.9 Å². The third-order valence-electron chi connectivity index (χ3n) is 8.12. The number of hydrogen-bond acceptors (Lipinski definition) is 9. The van der Waals surface area contributed by atoms with Crippen LogP contribution < -0.4 is 11.4 Å². The largest absolute Gasteiger partial charge is 0.522 e. The summed E-state index contributed by atoms with van der Waals surface area (Å²) in [5.74, 6) is 0.352. The molecule has 0 bridgehead atoms. The standard InChI is InChI=1S/C25H41FN3O5PS2Si/c1-15(2)16-9-11-25(6,36)18(13-16)33-35(37)34-21-17(14-31-38(7,8)24(3,4)5)32-22(20(21)26)29-12-10-19(27)28-23(29)30/h10,12,16-18,20-22H,1,9,11,13-14H2,2-8H3,(H2-,27,28,30,36)/p+1/t16-,17-,18+,20-,21-,22-,25+/m1/s1. The van der Waals surface area contributed by atoms with E-state index in [-0.39, 0.29) is 23.6 Å². The molecule has 2 fully saturated rings. The molecule has 1 aliphatic carbocycles. The minimum atomic E-state index is -2.18. The van der Waals surface area contributed by atoms with Crippen LogP contribution in [0.4, 0.5) is 10.2 Å². The van der Waals surface area contributed by atoms with Gasteiger partial charge >= 0.3 is 12.8 Å². The second-order valence-electron chi connectivity index (χ2n) is 12.2. The topological polar surface area (TPSA) is 97.8 Å². The predicted molar refractivity (Wildman–Crippen MR) is 158 cm³/mol. The van der Waals surface area contributed by atoms with Crippen molar-refractivity contribution in [3.8, 4) is 0 Å². The first-order chi connectivity index (χ1) is 17.4. The van der Waals surface area contributed by atoms with Gasteiger partial charge in [0.15, 0.2) is 26.8 Å². The summed E-state index contributed by atoms with van der Waals surface area (Å²) >= 11 is 10.4. The predicted octanol–water partition coefficient (Wildman–Crippen LogP) is 5.69. The molecule has 0 aromatic carbocycles. The molecule has 2 heterocycles. The lowest BCUT2D eigenvalue weighted by molar-refractivity contribution is -0.0448. The Labute approximate surface area is 238 Å². The van der Waals surface area contributed by atoms with Crippen LogP contribution in [0.25, 0.3) is 0 Å². The van der Waals surface area contributed by atoms with Gasteiger partial charge in [-0.3, -0.25) is 4.57 Å². The number of nitrogens with zero attached hydrogens (tertiary/aromatic N) is 2. The van der Waals surface area contributed by atoms with Gasteiger partial charge in [0.1, 0.15) is 18.0 Å². The molecule has 3 rings (SSSR count). The summed E-state index contributed by atoms with van der Waals surface area (Å²) in [6.45, 7) is 18.8. The molecule has 0 radical (unpaired) electrons. The number of halogens is 1. The highest BCUT2D eigenvalue weighted by atomic mass is 32.4. The van der Waals surface area contributed by atoms with Gasteiger partial charge in [0.2, 0.25) is 11.8 Å². The number of nitrogen functional groups attached to an aromatic ring is 1. The number of aromatic nitrogens is 2. The van der Waals surface area contributed by atoms with E-state index in [1.807, 2.05) is 13.8 Å². The van der Waals surface area contributed by atoms with Crippen LogP contribution in [-0.4, -0.2) is 53.7 Å². The number of allylic oxidation sites excluding steroid dienone is 1. The molecule has 0 amide bonds. The van der Waals surface area contributed by atoms with Crippen molar-refractivity contribution in [3.63, 3.8) is 0 Å². The fourth-order valence-electron chi connectivity index (χ4n) is 4.39. The zero-order chi connectivity index (χ0) is 28.6. The summed E-state index contributed by atoms with van der Waals surface area (Å²) in [6.07, 6.45) is -1.22. The van der Waals surface area contributed by atoms with Gasteiger partial charge in [0.25, 0.3) is 0 Å². The highest BCUT2D eigenvalue weighted by Gasteiger charge is 2.53. The van der Waals surface area contributed by atoms with Crippen LogP contribution >= 0.6 is 19.8 Å². The smallest absolute Gasteiger partial charge is 0.414 e. The zero-order valence-corrected chi connectivity index (χ0v) is 27.0. The Kier molecular flexibility index (Phi) is 10.1. The maximum absolute atomic E-state index is 16.0. The van der Waals surface area contributed by atoms with Crippen LogP contribution in [0.5, 0.6) is 0 Å². The van der Waals surface area contributed by atoms with Crippen molar-refractivity contribution in [2.75, 3.05) is 12.3 Å². The number of ether oxygens (including phenoxy) is 1. The monoisotopic (exact) mass is 606 g/mol. The van der Waals surface area contributed by atoms with E-state index in [0.717, 1.165) is 29.4 Å². The Morgan fingerprint density at radius 1 is 1.45 bits per heavy atom. The molecule has 2 aliphatic rings. The Bertz CT molecular complexity index is 1100. The number of anilines is 1. The molecular weight excluding hydrogens is 564 g/mol. The van der Waals surface area contributed by atoms with Crippen LogP contribution in [0.2, 0.25) is 18.1 Å². The molecule has 38 heavy (non-hydrogen) atoms. The fraction of sp³-hybridized carbons (Fsp3) is 0.760. The van der Waals surface area contributed by atoms with Crippen molar-refractivity contribution >= 4 is 45.7 Å². The first kappa shape index (κ1) is 31.8. The van der Waals surface area contributed by atoms with Gasteiger partial charge in [0.05, 0.1) is 6.61 Å². The van der Waals surface area contributed by atoms with Crippen LogP contribution in [0.1, 0.15) is 60.1 Å². The zero-order valence-electron chi connectivity index (χ0n) is 23.3. The number of hydrogen-bond donors (Lipinski definition) is 2. The molecule has 1 aromatic heterocycles. The van der Waals surface area contributed by atoms with E-state index in [9.17, 15) is 4.79 Å². The molecular formula is C25H42FN3O5PS2Si+. The van der Waals surface area contributed by atoms with Crippen molar-refractivity contribution in [1.29, 1.82) is 0 Å². The first-order valence-corrected chi connectivity index (χ1v) is 18.4. The van der Waals surface area contributed by atoms with Crippen molar-refractivity contribution in [2.45, 2.75) is 107 Å². The average Bonchev–Trinajstić information content (AvgIpc) is 3.08. The summed E-state index contributed by atoms with van der Waals surface area (Å²) in [6, 6.07) is 1.42. The summed E-state index contributed by atoms with van der Waals surface area (Å²) in [5, 5.41) is -0.0557. The lowest BCUT2D eigenvalue weighted by Crippen LogP contribution is -2.44. The maximum atomic E-state index is 16.0. The van der Waals surface area contributed by atoms with Crippen molar-refractivity contribution in [1.82, 2.24) is 9.55 Å². The average molecular weight is 607 g/mol. The quantitative estimate of drug-likeness (QED) is 0.160. The van der Waals surface area contributed by atoms with Crippen LogP contribution in [0, 0.1) is 5.92 Å². The molecule has 8 atom stereocenters. The molecule has 1 aliphatic heterocycles. The van der Waals surface area contributed by atoms with Gasteiger partial charge in [-0.15, -0.1) is 9.05 Å². The van der Waals surface area contributed by atoms with E-state index >= 15 is 4.39 Å². The summed E-state index contributed by atoms with van der Waals surface area (Å²) < 4.78 is 41.3. The molecule has 1 aromatic rings. The highest BCUT2D eigenvalue weighted by molar-refractivity contribution is 8.00. The minimum Gasteiger partial charge on any atom is -0.414 e. The molecule has 1 unspecified atom stereocenters. The Morgan fingerprint density at radius 3 is 2.68 bits per heavy atom. The third-order valence-corrected chi connectivity index (χ3v) is 14.5. The van der Waals surface area contributed by atoms with E-state index in [0.29, 0.717) is 5.92 Å². The minimum absolute atomic E-state index is 0.0445. The number of rotatable bonds is 9. The number of thiol groups is 1. The van der Waals surface area contributed by atoms with Gasteiger partial charge in [0, 0.05) is 10.9 Å². The molecule has 214 valence electrons. The van der Waals surface area contributed by atoms with Crippen LogP contribution in [0.15, 0.2) is 29.2 Å². The van der Waals surface area contributed by atoms with Crippen LogP contribution in [-0.2, 0) is 30.0 Å². The molecule has 8 nitrogen and oxygen atoms in total.